The number of phenols is 1. The van der Waals surface area contributed by atoms with E-state index in [4.69, 9.17) is 14.9 Å². The summed E-state index contributed by atoms with van der Waals surface area (Å²) in [4.78, 5) is 21.9. The van der Waals surface area contributed by atoms with Gasteiger partial charge in [0.05, 0.1) is 31.5 Å². The van der Waals surface area contributed by atoms with Gasteiger partial charge in [-0.1, -0.05) is 12.1 Å². The Morgan fingerprint density at radius 1 is 0.880 bits per heavy atom. The molecule has 0 saturated heterocycles. The lowest BCUT2D eigenvalue weighted by Gasteiger charge is -2.06. The van der Waals surface area contributed by atoms with E-state index in [1.807, 2.05) is 0 Å². The molecule has 3 N–H and O–H groups in total. The molecule has 25 heavy (non-hydrogen) atoms. The molecule has 6 heteroatoms. The molecule has 0 bridgehead atoms. The molecule has 0 amide bonds. The quantitative estimate of drug-likeness (QED) is 0.719. The number of ether oxygens (including phenoxy) is 1. The summed E-state index contributed by atoms with van der Waals surface area (Å²) in [6.07, 6.45) is 0. The SMILES string of the molecule is CC(=O)c1ccc(CO)cc1O.COc1cc(CO)ccc1C(C)=O. The van der Waals surface area contributed by atoms with Gasteiger partial charge in [-0.25, -0.2) is 0 Å². The maximum Gasteiger partial charge on any atom is 0.163 e. The van der Waals surface area contributed by atoms with E-state index < -0.39 is 0 Å². The van der Waals surface area contributed by atoms with Gasteiger partial charge in [-0.05, 0) is 49.2 Å². The fraction of sp³-hybridized carbons (Fsp3) is 0.263. The highest BCUT2D eigenvalue weighted by molar-refractivity contribution is 5.97. The molecule has 0 saturated carbocycles. The first-order valence-electron chi connectivity index (χ1n) is 7.56. The van der Waals surface area contributed by atoms with Crippen LogP contribution in [0.5, 0.6) is 11.5 Å². The average Bonchev–Trinajstić information content (AvgIpc) is 2.60. The molecule has 0 aliphatic heterocycles. The van der Waals surface area contributed by atoms with Crippen LogP contribution in [-0.2, 0) is 13.2 Å². The van der Waals surface area contributed by atoms with Crippen LogP contribution in [0.1, 0.15) is 45.7 Å². The number of aliphatic hydroxyl groups is 2. The highest BCUT2D eigenvalue weighted by Gasteiger charge is 2.08. The van der Waals surface area contributed by atoms with Gasteiger partial charge >= 0.3 is 0 Å². The summed E-state index contributed by atoms with van der Waals surface area (Å²) >= 11 is 0. The van der Waals surface area contributed by atoms with Gasteiger partial charge in [0.15, 0.2) is 11.6 Å². The Morgan fingerprint density at radius 2 is 1.36 bits per heavy atom. The van der Waals surface area contributed by atoms with Gasteiger partial charge in [0.2, 0.25) is 0 Å². The summed E-state index contributed by atoms with van der Waals surface area (Å²) in [7, 11) is 1.50. The zero-order valence-corrected chi connectivity index (χ0v) is 14.4. The molecule has 134 valence electrons. The molecule has 0 aliphatic carbocycles. The zero-order chi connectivity index (χ0) is 19.0. The van der Waals surface area contributed by atoms with Crippen molar-refractivity contribution in [1.82, 2.24) is 0 Å². The minimum absolute atomic E-state index is 0.0404. The van der Waals surface area contributed by atoms with E-state index >= 15 is 0 Å². The van der Waals surface area contributed by atoms with E-state index in [9.17, 15) is 14.7 Å². The van der Waals surface area contributed by atoms with Gasteiger partial charge < -0.3 is 20.1 Å². The highest BCUT2D eigenvalue weighted by Crippen LogP contribution is 2.20. The monoisotopic (exact) mass is 346 g/mol. The number of phenolic OH excluding ortho intramolecular Hbond substituents is 1. The molecular weight excluding hydrogens is 324 g/mol. The number of hydrogen-bond donors (Lipinski definition) is 3. The van der Waals surface area contributed by atoms with Gasteiger partial charge in [-0.15, -0.1) is 0 Å². The van der Waals surface area contributed by atoms with Crippen molar-refractivity contribution in [3.63, 3.8) is 0 Å². The molecule has 2 rings (SSSR count). The fourth-order valence-electron chi connectivity index (χ4n) is 2.10. The minimum Gasteiger partial charge on any atom is -0.507 e. The van der Waals surface area contributed by atoms with E-state index in [0.29, 0.717) is 16.9 Å². The molecule has 0 heterocycles. The second-order valence-electron chi connectivity index (χ2n) is 5.31. The summed E-state index contributed by atoms with van der Waals surface area (Å²) in [5.74, 6) is 0.214. The number of hydrogen-bond acceptors (Lipinski definition) is 6. The van der Waals surface area contributed by atoms with Gasteiger partial charge in [0.1, 0.15) is 11.5 Å². The minimum atomic E-state index is -0.183. The molecule has 0 atom stereocenters. The normalized spacial score (nSPS) is 9.80. The molecule has 0 fully saturated rings. The first-order chi connectivity index (χ1) is 11.8. The maximum atomic E-state index is 11.1. The van der Waals surface area contributed by atoms with Crippen LogP contribution >= 0.6 is 0 Å². The van der Waals surface area contributed by atoms with Crippen LogP contribution in [0.25, 0.3) is 0 Å². The standard InChI is InChI=1S/C10H12O3.C9H10O3/c1-7(12)9-4-3-8(6-11)5-10(9)13-2;1-6(11)8-3-2-7(5-10)4-9(8)12/h3-5,11H,6H2,1-2H3;2-4,10,12H,5H2,1H3. The number of ketones is 2. The lowest BCUT2D eigenvalue weighted by molar-refractivity contribution is 0.100. The van der Waals surface area contributed by atoms with E-state index in [2.05, 4.69) is 0 Å². The summed E-state index contributed by atoms with van der Waals surface area (Å²) in [5, 5.41) is 26.8. The van der Waals surface area contributed by atoms with Crippen LogP contribution < -0.4 is 4.74 Å². The third-order valence-electron chi connectivity index (χ3n) is 3.45. The smallest absolute Gasteiger partial charge is 0.163 e. The first kappa shape index (κ1) is 20.3. The molecule has 0 spiro atoms. The fourth-order valence-corrected chi connectivity index (χ4v) is 2.10. The van der Waals surface area contributed by atoms with E-state index in [0.717, 1.165) is 5.56 Å². The van der Waals surface area contributed by atoms with Crippen LogP contribution in [-0.4, -0.2) is 34.0 Å². The predicted molar refractivity (Wildman–Crippen MR) is 93.0 cm³/mol. The Balaban J connectivity index is 0.000000251. The Morgan fingerprint density at radius 3 is 1.76 bits per heavy atom. The van der Waals surface area contributed by atoms with Crippen molar-refractivity contribution in [2.24, 2.45) is 0 Å². The van der Waals surface area contributed by atoms with Crippen LogP contribution in [0.2, 0.25) is 0 Å². The second-order valence-corrected chi connectivity index (χ2v) is 5.31. The second kappa shape index (κ2) is 9.56. The van der Waals surface area contributed by atoms with E-state index in [1.54, 1.807) is 24.3 Å². The molecule has 6 nitrogen and oxygen atoms in total. The van der Waals surface area contributed by atoms with Crippen LogP contribution in [0.3, 0.4) is 0 Å². The molecule has 0 radical (unpaired) electrons. The van der Waals surface area contributed by atoms with Gasteiger partial charge in [-0.2, -0.15) is 0 Å². The van der Waals surface area contributed by atoms with Gasteiger partial charge in [0.25, 0.3) is 0 Å². The first-order valence-corrected chi connectivity index (χ1v) is 7.56. The Hall–Kier alpha value is -2.70. The zero-order valence-electron chi connectivity index (χ0n) is 14.4. The topological polar surface area (TPSA) is 104 Å². The number of rotatable bonds is 5. The van der Waals surface area contributed by atoms with E-state index in [1.165, 1.54) is 33.1 Å². The Bertz CT molecular complexity index is 752. The van der Waals surface area contributed by atoms with Crippen molar-refractivity contribution < 1.29 is 29.6 Å². The third-order valence-corrected chi connectivity index (χ3v) is 3.45. The van der Waals surface area contributed by atoms with Crippen molar-refractivity contribution in [1.29, 1.82) is 0 Å². The number of carbonyl (C=O) groups excluding carboxylic acids is 2. The number of aromatic hydroxyl groups is 1. The van der Waals surface area contributed by atoms with Crippen molar-refractivity contribution in [3.8, 4) is 11.5 Å². The maximum absolute atomic E-state index is 11.1. The van der Waals surface area contributed by atoms with Crippen molar-refractivity contribution in [3.05, 3.63) is 58.7 Å². The number of Topliss-reactive ketones (excluding diaryl/α,β-unsaturated/α-hetero) is 2. The predicted octanol–water partition coefficient (Wildman–Crippen LogP) is 2.48. The Kier molecular flexibility index (Phi) is 7.78. The molecule has 0 aliphatic rings. The highest BCUT2D eigenvalue weighted by atomic mass is 16.5. The molecule has 2 aromatic carbocycles. The number of benzene rings is 2. The molecule has 0 aromatic heterocycles. The van der Waals surface area contributed by atoms with Crippen molar-refractivity contribution >= 4 is 11.6 Å². The number of methoxy groups -OCH3 is 1. The average molecular weight is 346 g/mol. The summed E-state index contributed by atoms with van der Waals surface area (Å²) in [5.41, 5.74) is 2.16. The number of carbonyl (C=O) groups is 2. The Labute approximate surface area is 146 Å². The summed E-state index contributed by atoms with van der Waals surface area (Å²) < 4.78 is 5.02. The lowest BCUT2D eigenvalue weighted by Crippen LogP contribution is -1.98. The van der Waals surface area contributed by atoms with Gasteiger partial charge in [-0.3, -0.25) is 9.59 Å². The number of aliphatic hydroxyl groups excluding tert-OH is 2. The van der Waals surface area contributed by atoms with Gasteiger partial charge in [0, 0.05) is 0 Å². The third kappa shape index (κ3) is 5.70. The largest absolute Gasteiger partial charge is 0.507 e. The van der Waals surface area contributed by atoms with Crippen LogP contribution in [0.15, 0.2) is 36.4 Å². The van der Waals surface area contributed by atoms with E-state index in [-0.39, 0.29) is 36.1 Å². The summed E-state index contributed by atoms with van der Waals surface area (Å²) in [6, 6.07) is 9.53. The van der Waals surface area contributed by atoms with Crippen molar-refractivity contribution in [2.75, 3.05) is 7.11 Å². The molecule has 0 unspecified atom stereocenters. The van der Waals surface area contributed by atoms with Crippen LogP contribution in [0.4, 0.5) is 0 Å². The molecule has 2 aromatic rings. The van der Waals surface area contributed by atoms with Crippen LogP contribution in [0, 0.1) is 0 Å². The van der Waals surface area contributed by atoms with Crippen molar-refractivity contribution in [2.45, 2.75) is 27.1 Å². The lowest BCUT2D eigenvalue weighted by atomic mass is 10.1. The summed E-state index contributed by atoms with van der Waals surface area (Å²) in [6.45, 7) is 2.68. The molecular formula is C19H22O6.